The van der Waals surface area contributed by atoms with Crippen LogP contribution in [0.5, 0.6) is 5.75 Å². The van der Waals surface area contributed by atoms with Gasteiger partial charge in [-0.3, -0.25) is 0 Å². The summed E-state index contributed by atoms with van der Waals surface area (Å²) in [5.41, 5.74) is 1.61. The van der Waals surface area contributed by atoms with Gasteiger partial charge in [0.25, 0.3) is 0 Å². The van der Waals surface area contributed by atoms with Gasteiger partial charge in [0.05, 0.1) is 53.4 Å². The minimum atomic E-state index is -0.379. The van der Waals surface area contributed by atoms with E-state index in [4.69, 9.17) is 28.4 Å². The Morgan fingerprint density at radius 1 is 0.833 bits per heavy atom. The summed E-state index contributed by atoms with van der Waals surface area (Å²) < 4.78 is 33.8. The summed E-state index contributed by atoms with van der Waals surface area (Å²) in [4.78, 5) is 12.5. The van der Waals surface area contributed by atoms with E-state index in [1.54, 1.807) is 0 Å². The monoisotopic (exact) mass is 508 g/mol. The maximum absolute atomic E-state index is 12.5. The number of unbranched alkanes of at least 4 members (excludes halogenated alkanes) is 7. The number of hydrogen-bond acceptors (Lipinski definition) is 7. The lowest BCUT2D eigenvalue weighted by Gasteiger charge is -2.20. The number of carbonyl (C=O) groups is 1. The van der Waals surface area contributed by atoms with Crippen LogP contribution >= 0.6 is 0 Å². The molecule has 0 spiro atoms. The van der Waals surface area contributed by atoms with Crippen molar-refractivity contribution in [3.05, 3.63) is 29.3 Å². The van der Waals surface area contributed by atoms with E-state index in [-0.39, 0.29) is 11.9 Å². The minimum absolute atomic E-state index is 0.0236. The van der Waals surface area contributed by atoms with Crippen molar-refractivity contribution in [2.75, 3.05) is 66.6 Å². The fraction of sp³-hybridized carbons (Fsp3) is 0.759. The zero-order chi connectivity index (χ0) is 25.7. The number of esters is 1. The van der Waals surface area contributed by atoms with Crippen molar-refractivity contribution in [2.24, 2.45) is 5.92 Å². The lowest BCUT2D eigenvalue weighted by atomic mass is 10.0. The Labute approximate surface area is 218 Å². The summed E-state index contributed by atoms with van der Waals surface area (Å²) in [5, 5.41) is 0. The van der Waals surface area contributed by atoms with Crippen molar-refractivity contribution in [1.29, 1.82) is 0 Å². The molecule has 0 atom stereocenters. The molecule has 1 aromatic carbocycles. The van der Waals surface area contributed by atoms with Gasteiger partial charge in [-0.15, -0.1) is 0 Å². The van der Waals surface area contributed by atoms with Gasteiger partial charge in [-0.1, -0.05) is 57.9 Å². The molecule has 1 heterocycles. The van der Waals surface area contributed by atoms with Crippen LogP contribution in [0.3, 0.4) is 0 Å². The summed E-state index contributed by atoms with van der Waals surface area (Å²) in [5.74, 6) is 0.179. The van der Waals surface area contributed by atoms with E-state index in [1.165, 1.54) is 52.1 Å². The van der Waals surface area contributed by atoms with Crippen molar-refractivity contribution in [2.45, 2.75) is 71.1 Å². The Kier molecular flexibility index (Phi) is 17.3. The van der Waals surface area contributed by atoms with Gasteiger partial charge < -0.3 is 28.4 Å². The third kappa shape index (κ3) is 13.6. The topological polar surface area (TPSA) is 72.5 Å². The molecule has 1 aliphatic rings. The first kappa shape index (κ1) is 30.6. The number of carbonyl (C=O) groups excluding carboxylic acids is 1. The molecule has 0 bridgehead atoms. The quantitative estimate of drug-likeness (QED) is 0.253. The predicted molar refractivity (Wildman–Crippen MR) is 141 cm³/mol. The number of rotatable bonds is 13. The first-order chi connectivity index (χ1) is 17.7. The Bertz CT molecular complexity index is 680. The lowest BCUT2D eigenvalue weighted by Crippen LogP contribution is -2.26. The van der Waals surface area contributed by atoms with Crippen LogP contribution in [0.2, 0.25) is 0 Å². The average Bonchev–Trinajstić information content (AvgIpc) is 2.90. The van der Waals surface area contributed by atoms with Crippen molar-refractivity contribution >= 4 is 5.97 Å². The Morgan fingerprint density at radius 2 is 1.44 bits per heavy atom. The zero-order valence-corrected chi connectivity index (χ0v) is 22.6. The van der Waals surface area contributed by atoms with Crippen LogP contribution < -0.4 is 4.74 Å². The van der Waals surface area contributed by atoms with E-state index in [2.05, 4.69) is 13.0 Å². The summed E-state index contributed by atoms with van der Waals surface area (Å²) in [6.07, 6.45) is 12.1. The fourth-order valence-electron chi connectivity index (χ4n) is 4.15. The standard InChI is InChI=1S/C29H48O7/c1-3-4-5-6-7-8-9-10-12-25-13-14-28(27(21-25)29(30)31-2)36-24-26-22-34-19-17-32-15-11-16-33-18-20-35-23-26/h13-14,21,26H,3-12,15-20,22-24H2,1-2H3. The summed E-state index contributed by atoms with van der Waals surface area (Å²) in [6, 6.07) is 5.86. The van der Waals surface area contributed by atoms with Gasteiger partial charge in [0, 0.05) is 19.1 Å². The van der Waals surface area contributed by atoms with E-state index in [9.17, 15) is 4.79 Å². The normalized spacial score (nSPS) is 16.8. The SMILES string of the molecule is CCCCCCCCCCc1ccc(OCC2COCCOCCCOCCOC2)c(C(=O)OC)c1. The van der Waals surface area contributed by atoms with Crippen LogP contribution in [0.15, 0.2) is 18.2 Å². The van der Waals surface area contributed by atoms with Gasteiger partial charge in [-0.05, 0) is 37.0 Å². The maximum atomic E-state index is 12.5. The third-order valence-electron chi connectivity index (χ3n) is 6.27. The van der Waals surface area contributed by atoms with Crippen LogP contribution in [-0.4, -0.2) is 72.5 Å². The molecular formula is C29H48O7. The van der Waals surface area contributed by atoms with Crippen LogP contribution in [-0.2, 0) is 30.1 Å². The molecule has 1 aromatic rings. The molecule has 36 heavy (non-hydrogen) atoms. The van der Waals surface area contributed by atoms with E-state index in [1.807, 2.05) is 12.1 Å². The average molecular weight is 509 g/mol. The molecule has 206 valence electrons. The van der Waals surface area contributed by atoms with Crippen LogP contribution in [0.1, 0.15) is 80.6 Å². The second-order valence-corrected chi connectivity index (χ2v) is 9.45. The van der Waals surface area contributed by atoms with Gasteiger partial charge in [-0.2, -0.15) is 0 Å². The van der Waals surface area contributed by atoms with Crippen molar-refractivity contribution in [3.63, 3.8) is 0 Å². The first-order valence-corrected chi connectivity index (χ1v) is 13.9. The van der Waals surface area contributed by atoms with Gasteiger partial charge in [0.1, 0.15) is 11.3 Å². The van der Waals surface area contributed by atoms with E-state index >= 15 is 0 Å². The smallest absolute Gasteiger partial charge is 0.341 e. The number of aryl methyl sites for hydroxylation is 1. The Morgan fingerprint density at radius 3 is 2.08 bits per heavy atom. The van der Waals surface area contributed by atoms with E-state index in [0.717, 1.165) is 24.8 Å². The summed E-state index contributed by atoms with van der Waals surface area (Å²) >= 11 is 0. The van der Waals surface area contributed by atoms with Crippen molar-refractivity contribution in [3.8, 4) is 5.75 Å². The molecule has 1 fully saturated rings. The van der Waals surface area contributed by atoms with Gasteiger partial charge in [0.2, 0.25) is 0 Å². The second-order valence-electron chi connectivity index (χ2n) is 9.45. The highest BCUT2D eigenvalue weighted by Gasteiger charge is 2.17. The number of methoxy groups -OCH3 is 1. The molecule has 7 heteroatoms. The number of ether oxygens (including phenoxy) is 6. The molecule has 1 aliphatic heterocycles. The molecule has 2 rings (SSSR count). The van der Waals surface area contributed by atoms with Gasteiger partial charge >= 0.3 is 5.97 Å². The van der Waals surface area contributed by atoms with Crippen LogP contribution in [0.4, 0.5) is 0 Å². The van der Waals surface area contributed by atoms with Gasteiger partial charge in [0.15, 0.2) is 0 Å². The van der Waals surface area contributed by atoms with Crippen LogP contribution in [0, 0.1) is 5.92 Å². The molecule has 0 aliphatic carbocycles. The zero-order valence-electron chi connectivity index (χ0n) is 22.6. The minimum Gasteiger partial charge on any atom is -0.492 e. The first-order valence-electron chi connectivity index (χ1n) is 13.9. The lowest BCUT2D eigenvalue weighted by molar-refractivity contribution is -0.0257. The molecule has 0 N–H and O–H groups in total. The van der Waals surface area contributed by atoms with Gasteiger partial charge in [-0.25, -0.2) is 4.79 Å². The maximum Gasteiger partial charge on any atom is 0.341 e. The largest absolute Gasteiger partial charge is 0.492 e. The van der Waals surface area contributed by atoms with Crippen molar-refractivity contribution in [1.82, 2.24) is 0 Å². The van der Waals surface area contributed by atoms with E-state index in [0.29, 0.717) is 70.8 Å². The molecular weight excluding hydrogens is 460 g/mol. The second kappa shape index (κ2) is 20.4. The summed E-state index contributed by atoms with van der Waals surface area (Å²) in [7, 11) is 1.40. The predicted octanol–water partition coefficient (Wildman–Crippen LogP) is 5.62. The molecule has 7 nitrogen and oxygen atoms in total. The molecule has 0 saturated carbocycles. The Hall–Kier alpha value is -1.67. The molecule has 1 saturated heterocycles. The number of benzene rings is 1. The highest BCUT2D eigenvalue weighted by Crippen LogP contribution is 2.23. The number of hydrogen-bond donors (Lipinski definition) is 0. The third-order valence-corrected chi connectivity index (χ3v) is 6.27. The Balaban J connectivity index is 1.85. The molecule has 0 aromatic heterocycles. The molecule has 0 unspecified atom stereocenters. The molecule has 0 amide bonds. The van der Waals surface area contributed by atoms with E-state index < -0.39 is 0 Å². The van der Waals surface area contributed by atoms with Crippen molar-refractivity contribution < 1.29 is 33.2 Å². The highest BCUT2D eigenvalue weighted by atomic mass is 16.5. The summed E-state index contributed by atoms with van der Waals surface area (Å²) in [6.45, 7) is 7.12. The van der Waals surface area contributed by atoms with Crippen LogP contribution in [0.25, 0.3) is 0 Å². The highest BCUT2D eigenvalue weighted by molar-refractivity contribution is 5.92. The molecule has 0 radical (unpaired) electrons. The fourth-order valence-corrected chi connectivity index (χ4v) is 4.15.